The van der Waals surface area contributed by atoms with Crippen LogP contribution in [0.3, 0.4) is 0 Å². The average Bonchev–Trinajstić information content (AvgIpc) is 2.86. The third-order valence-corrected chi connectivity index (χ3v) is 8.02. The Morgan fingerprint density at radius 1 is 1.11 bits per heavy atom. The van der Waals surface area contributed by atoms with Gasteiger partial charge in [-0.25, -0.2) is 17.9 Å². The largest absolute Gasteiger partial charge is 0.497 e. The van der Waals surface area contributed by atoms with Crippen LogP contribution in [0.1, 0.15) is 24.0 Å². The highest BCUT2D eigenvalue weighted by atomic mass is 32.2. The van der Waals surface area contributed by atoms with Crippen LogP contribution in [-0.2, 0) is 14.8 Å². The molecule has 0 saturated carbocycles. The number of ether oxygens (including phenoxy) is 2. The van der Waals surface area contributed by atoms with Crippen molar-refractivity contribution in [3.63, 3.8) is 0 Å². The summed E-state index contributed by atoms with van der Waals surface area (Å²) in [6.45, 7) is 3.60. The van der Waals surface area contributed by atoms with Crippen molar-refractivity contribution in [1.82, 2.24) is 14.6 Å². The average molecular weight is 494 g/mol. The number of rotatable bonds is 5. The third-order valence-electron chi connectivity index (χ3n) is 6.69. The Morgan fingerprint density at radius 3 is 2.57 bits per heavy atom. The fraction of sp³-hybridized carbons (Fsp3) is 0.308. The van der Waals surface area contributed by atoms with Gasteiger partial charge in [0.05, 0.1) is 23.2 Å². The number of benzene rings is 2. The molecule has 1 aromatic heterocycles. The van der Waals surface area contributed by atoms with Gasteiger partial charge in [0.2, 0.25) is 0 Å². The quantitative estimate of drug-likeness (QED) is 0.571. The standard InChI is InChI=1S/C26H27N3O5S/c1-17-3-6-21(7-4-17)35(31,32)28-26(30)34-25-18-10-13-29(14-11-18)24(25)15-19-9-12-27-23-8-5-20(33-2)16-22(19)23/h3-9,12,15-16,18,25H,10-11,13-14H2,1-2H3,(H,28,30)/b24-15+/t25-/m0/s1. The lowest BCUT2D eigenvalue weighted by molar-refractivity contribution is 0.00697. The van der Waals surface area contributed by atoms with E-state index in [-0.39, 0.29) is 10.8 Å². The Hall–Kier alpha value is -3.59. The first-order chi connectivity index (χ1) is 16.8. The van der Waals surface area contributed by atoms with E-state index >= 15 is 0 Å². The Morgan fingerprint density at radius 2 is 1.86 bits per heavy atom. The minimum atomic E-state index is -4.03. The first-order valence-electron chi connectivity index (χ1n) is 11.5. The molecule has 2 bridgehead atoms. The summed E-state index contributed by atoms with van der Waals surface area (Å²) in [5, 5.41) is 0.923. The number of nitrogens with zero attached hydrogens (tertiary/aromatic N) is 2. The van der Waals surface area contributed by atoms with Crippen LogP contribution >= 0.6 is 0 Å². The summed E-state index contributed by atoms with van der Waals surface area (Å²) >= 11 is 0. The maximum atomic E-state index is 12.8. The number of hydrogen-bond donors (Lipinski definition) is 1. The Balaban J connectivity index is 1.43. The fourth-order valence-corrected chi connectivity index (χ4v) is 5.68. The summed E-state index contributed by atoms with van der Waals surface area (Å²) in [5.41, 5.74) is 3.55. The molecule has 9 heteroatoms. The Labute approximate surface area is 204 Å². The van der Waals surface area contributed by atoms with E-state index in [1.807, 2.05) is 37.3 Å². The molecule has 4 heterocycles. The van der Waals surface area contributed by atoms with E-state index in [1.165, 1.54) is 12.1 Å². The molecular weight excluding hydrogens is 466 g/mol. The summed E-state index contributed by atoms with van der Waals surface area (Å²) < 4.78 is 38.6. The van der Waals surface area contributed by atoms with Gasteiger partial charge in [-0.15, -0.1) is 0 Å². The molecule has 0 spiro atoms. The third kappa shape index (κ3) is 4.68. The van der Waals surface area contributed by atoms with E-state index < -0.39 is 22.2 Å². The molecule has 3 aliphatic heterocycles. The molecule has 3 saturated heterocycles. The smallest absolute Gasteiger partial charge is 0.421 e. The predicted molar refractivity (Wildman–Crippen MR) is 132 cm³/mol. The van der Waals surface area contributed by atoms with E-state index in [1.54, 1.807) is 25.4 Å². The zero-order chi connectivity index (χ0) is 24.6. The molecule has 35 heavy (non-hydrogen) atoms. The molecule has 0 aliphatic carbocycles. The topological polar surface area (TPSA) is 97.8 Å². The zero-order valence-electron chi connectivity index (χ0n) is 19.6. The number of methoxy groups -OCH3 is 1. The lowest BCUT2D eigenvalue weighted by atomic mass is 9.82. The molecule has 1 amide bonds. The Kier molecular flexibility index (Phi) is 6.10. The SMILES string of the molecule is COc1ccc2nccc(/C=C3\[C@@H](OC(=O)NS(=O)(=O)c4ccc(C)cc4)C4CCN3CC4)c2c1. The van der Waals surface area contributed by atoms with Gasteiger partial charge in [-0.2, -0.15) is 0 Å². The number of piperidine rings is 3. The van der Waals surface area contributed by atoms with Gasteiger partial charge in [0.25, 0.3) is 10.0 Å². The van der Waals surface area contributed by atoms with Crippen LogP contribution in [0.5, 0.6) is 5.75 Å². The minimum absolute atomic E-state index is 0.0157. The van der Waals surface area contributed by atoms with Gasteiger partial charge in [0, 0.05) is 30.6 Å². The molecule has 182 valence electrons. The first kappa shape index (κ1) is 23.2. The van der Waals surface area contributed by atoms with Crippen molar-refractivity contribution in [3.05, 3.63) is 71.6 Å². The van der Waals surface area contributed by atoms with E-state index in [2.05, 4.69) is 14.6 Å². The summed E-state index contributed by atoms with van der Waals surface area (Å²) in [5.74, 6) is 0.853. The van der Waals surface area contributed by atoms with Crippen molar-refractivity contribution in [2.24, 2.45) is 5.92 Å². The van der Waals surface area contributed by atoms with E-state index in [0.29, 0.717) is 0 Å². The van der Waals surface area contributed by atoms with Gasteiger partial charge < -0.3 is 14.4 Å². The maximum Gasteiger partial charge on any atom is 0.421 e. The van der Waals surface area contributed by atoms with Crippen LogP contribution < -0.4 is 9.46 Å². The van der Waals surface area contributed by atoms with Gasteiger partial charge in [0.15, 0.2) is 0 Å². The molecule has 2 aromatic carbocycles. The number of carbonyl (C=O) groups excluding carboxylic acids is 1. The molecule has 0 radical (unpaired) electrons. The number of hydrogen-bond acceptors (Lipinski definition) is 7. The van der Waals surface area contributed by atoms with Gasteiger partial charge in [-0.05, 0) is 67.8 Å². The fourth-order valence-electron chi connectivity index (χ4n) is 4.80. The zero-order valence-corrected chi connectivity index (χ0v) is 20.4. The molecule has 3 aliphatic rings. The summed E-state index contributed by atoms with van der Waals surface area (Å²) in [4.78, 5) is 19.4. The molecule has 6 rings (SSSR count). The highest BCUT2D eigenvalue weighted by molar-refractivity contribution is 7.90. The van der Waals surface area contributed by atoms with Crippen LogP contribution in [0.25, 0.3) is 17.0 Å². The lowest BCUT2D eigenvalue weighted by Crippen LogP contribution is -2.51. The van der Waals surface area contributed by atoms with Crippen molar-refractivity contribution in [3.8, 4) is 5.75 Å². The second kappa shape index (κ2) is 9.22. The van der Waals surface area contributed by atoms with Gasteiger partial charge in [-0.3, -0.25) is 4.98 Å². The first-order valence-corrected chi connectivity index (χ1v) is 13.0. The van der Waals surface area contributed by atoms with Crippen molar-refractivity contribution in [2.75, 3.05) is 20.2 Å². The van der Waals surface area contributed by atoms with Crippen LogP contribution in [0.4, 0.5) is 4.79 Å². The monoisotopic (exact) mass is 493 g/mol. The maximum absolute atomic E-state index is 12.8. The number of fused-ring (bicyclic) bond motifs is 4. The van der Waals surface area contributed by atoms with E-state index in [4.69, 9.17) is 9.47 Å². The van der Waals surface area contributed by atoms with Crippen LogP contribution in [0.2, 0.25) is 0 Å². The second-order valence-electron chi connectivity index (χ2n) is 8.92. The van der Waals surface area contributed by atoms with E-state index in [0.717, 1.165) is 59.4 Å². The number of amides is 1. The van der Waals surface area contributed by atoms with Crippen LogP contribution in [-0.4, -0.2) is 50.7 Å². The Bertz CT molecular complexity index is 1390. The van der Waals surface area contributed by atoms with Gasteiger partial charge >= 0.3 is 6.09 Å². The number of carbonyl (C=O) groups is 1. The summed E-state index contributed by atoms with van der Waals surface area (Å²) in [7, 11) is -2.41. The summed E-state index contributed by atoms with van der Waals surface area (Å²) in [6, 6.07) is 13.9. The van der Waals surface area contributed by atoms with Crippen molar-refractivity contribution < 1.29 is 22.7 Å². The number of sulfonamides is 1. The molecule has 1 N–H and O–H groups in total. The molecular formula is C26H27N3O5S. The molecule has 0 unspecified atom stereocenters. The number of aromatic nitrogens is 1. The van der Waals surface area contributed by atoms with Crippen molar-refractivity contribution >= 4 is 33.1 Å². The van der Waals surface area contributed by atoms with Gasteiger partial charge in [0.1, 0.15) is 11.9 Å². The molecule has 3 fully saturated rings. The van der Waals surface area contributed by atoms with Gasteiger partial charge in [-0.1, -0.05) is 17.7 Å². The number of nitrogens with one attached hydrogen (secondary N) is 1. The normalized spacial score (nSPS) is 20.7. The number of pyridine rings is 1. The van der Waals surface area contributed by atoms with Crippen LogP contribution in [0, 0.1) is 12.8 Å². The molecule has 3 aromatic rings. The molecule has 1 atom stereocenters. The number of aryl methyl sites for hydroxylation is 1. The van der Waals surface area contributed by atoms with Crippen LogP contribution in [0.15, 0.2) is 65.3 Å². The summed E-state index contributed by atoms with van der Waals surface area (Å²) in [6.07, 6.45) is 4.00. The minimum Gasteiger partial charge on any atom is -0.497 e. The highest BCUT2D eigenvalue weighted by Gasteiger charge is 2.41. The van der Waals surface area contributed by atoms with Crippen molar-refractivity contribution in [1.29, 1.82) is 0 Å². The van der Waals surface area contributed by atoms with E-state index in [9.17, 15) is 13.2 Å². The molecule has 8 nitrogen and oxygen atoms in total. The second-order valence-corrected chi connectivity index (χ2v) is 10.6. The lowest BCUT2D eigenvalue weighted by Gasteiger charge is -2.47. The van der Waals surface area contributed by atoms with Crippen molar-refractivity contribution in [2.45, 2.75) is 30.8 Å². The predicted octanol–water partition coefficient (Wildman–Crippen LogP) is 4.10. The highest BCUT2D eigenvalue weighted by Crippen LogP contribution is 2.38.